The Morgan fingerprint density at radius 2 is 2.10 bits per heavy atom. The van der Waals surface area contributed by atoms with Gasteiger partial charge in [-0.1, -0.05) is 50.4 Å². The second-order valence-electron chi connectivity index (χ2n) is 6.56. The van der Waals surface area contributed by atoms with Crippen LogP contribution in [0.25, 0.3) is 11.0 Å². The predicted octanol–water partition coefficient (Wildman–Crippen LogP) is 5.71. The molecular weight excluding hydrogens is 282 g/mol. The van der Waals surface area contributed by atoms with E-state index < -0.39 is 0 Å². The zero-order valence-corrected chi connectivity index (χ0v) is 13.7. The number of nitrogens with one attached hydrogen (secondary N) is 1. The molecule has 0 aliphatic heterocycles. The van der Waals surface area contributed by atoms with Crippen molar-refractivity contribution in [2.24, 2.45) is 5.41 Å². The number of hydrogen-bond acceptors (Lipinski definition) is 2. The lowest BCUT2D eigenvalue weighted by molar-refractivity contribution is 0.199. The molecule has 1 atom stereocenters. The smallest absolute Gasteiger partial charge is 0.152 e. The highest BCUT2D eigenvalue weighted by atomic mass is 35.5. The summed E-state index contributed by atoms with van der Waals surface area (Å²) in [6, 6.07) is 8.39. The Balaban J connectivity index is 1.99. The molecule has 1 fully saturated rings. The van der Waals surface area contributed by atoms with Crippen LogP contribution in [0.5, 0.6) is 0 Å². The minimum atomic E-state index is 0.281. The number of furan rings is 1. The molecule has 1 unspecified atom stereocenters. The lowest BCUT2D eigenvalue weighted by Gasteiger charge is -2.33. The maximum absolute atomic E-state index is 6.26. The molecule has 0 spiro atoms. The van der Waals surface area contributed by atoms with Gasteiger partial charge in [-0.05, 0) is 43.4 Å². The number of rotatable bonds is 5. The Kier molecular flexibility index (Phi) is 4.28. The van der Waals surface area contributed by atoms with Crippen molar-refractivity contribution in [1.29, 1.82) is 0 Å². The number of fused-ring (bicyclic) bond motifs is 1. The SMILES string of the molecule is CCCNC(c1cc2cccc(Cl)c2o1)C1(C)CCCC1. The van der Waals surface area contributed by atoms with Crippen LogP contribution in [0.2, 0.25) is 5.02 Å². The minimum Gasteiger partial charge on any atom is -0.458 e. The second kappa shape index (κ2) is 6.02. The summed E-state index contributed by atoms with van der Waals surface area (Å²) in [5, 5.41) is 5.51. The fourth-order valence-electron chi connectivity index (χ4n) is 3.64. The molecule has 3 heteroatoms. The molecule has 21 heavy (non-hydrogen) atoms. The van der Waals surface area contributed by atoms with Crippen LogP contribution in [0.3, 0.4) is 0 Å². The minimum absolute atomic E-state index is 0.281. The van der Waals surface area contributed by atoms with Crippen molar-refractivity contribution in [1.82, 2.24) is 5.32 Å². The molecular formula is C18H24ClNO. The van der Waals surface area contributed by atoms with E-state index in [9.17, 15) is 0 Å². The summed E-state index contributed by atoms with van der Waals surface area (Å²) in [5.74, 6) is 1.04. The molecule has 1 aromatic heterocycles. The second-order valence-corrected chi connectivity index (χ2v) is 6.96. The third-order valence-electron chi connectivity index (χ3n) is 4.84. The van der Waals surface area contributed by atoms with Crippen LogP contribution >= 0.6 is 11.6 Å². The van der Waals surface area contributed by atoms with E-state index in [1.807, 2.05) is 12.1 Å². The summed E-state index contributed by atoms with van der Waals surface area (Å²) < 4.78 is 6.14. The van der Waals surface area contributed by atoms with Crippen molar-refractivity contribution in [3.8, 4) is 0 Å². The van der Waals surface area contributed by atoms with Gasteiger partial charge in [0, 0.05) is 5.39 Å². The highest BCUT2D eigenvalue weighted by molar-refractivity contribution is 6.34. The summed E-state index contributed by atoms with van der Waals surface area (Å²) in [6.45, 7) is 5.61. The standard InChI is InChI=1S/C18H24ClNO/c1-3-11-20-17(18(2)9-4-5-10-18)15-12-13-7-6-8-14(19)16(13)21-15/h6-8,12,17,20H,3-5,9-11H2,1-2H3. The predicted molar refractivity (Wildman–Crippen MR) is 88.8 cm³/mol. The number of halogens is 1. The first-order chi connectivity index (χ1) is 10.1. The van der Waals surface area contributed by atoms with Crippen LogP contribution in [0.15, 0.2) is 28.7 Å². The molecule has 1 aromatic carbocycles. The van der Waals surface area contributed by atoms with Crippen molar-refractivity contribution in [3.05, 3.63) is 35.0 Å². The first-order valence-corrected chi connectivity index (χ1v) is 8.43. The van der Waals surface area contributed by atoms with Gasteiger partial charge in [0.15, 0.2) is 5.58 Å². The van der Waals surface area contributed by atoms with Gasteiger partial charge in [-0.3, -0.25) is 0 Å². The highest BCUT2D eigenvalue weighted by Crippen LogP contribution is 2.48. The Bertz CT molecular complexity index is 613. The fourth-order valence-corrected chi connectivity index (χ4v) is 3.86. The van der Waals surface area contributed by atoms with E-state index in [0.29, 0.717) is 5.02 Å². The van der Waals surface area contributed by atoms with Gasteiger partial charge in [-0.15, -0.1) is 0 Å². The van der Waals surface area contributed by atoms with Crippen molar-refractivity contribution in [2.45, 2.75) is 52.0 Å². The molecule has 0 radical (unpaired) electrons. The van der Waals surface area contributed by atoms with Gasteiger partial charge in [0.2, 0.25) is 0 Å². The van der Waals surface area contributed by atoms with Gasteiger partial charge in [0.1, 0.15) is 5.76 Å². The zero-order valence-electron chi connectivity index (χ0n) is 12.9. The van der Waals surface area contributed by atoms with Crippen LogP contribution in [0.4, 0.5) is 0 Å². The lowest BCUT2D eigenvalue weighted by atomic mass is 9.79. The maximum Gasteiger partial charge on any atom is 0.152 e. The lowest BCUT2D eigenvalue weighted by Crippen LogP contribution is -2.34. The molecule has 0 bridgehead atoms. The molecule has 1 N–H and O–H groups in total. The summed E-state index contributed by atoms with van der Waals surface area (Å²) in [5.41, 5.74) is 1.11. The van der Waals surface area contributed by atoms with E-state index in [0.717, 1.165) is 29.7 Å². The van der Waals surface area contributed by atoms with E-state index in [1.54, 1.807) is 0 Å². The van der Waals surface area contributed by atoms with E-state index in [4.69, 9.17) is 16.0 Å². The average molecular weight is 306 g/mol. The highest BCUT2D eigenvalue weighted by Gasteiger charge is 2.39. The maximum atomic E-state index is 6.26. The van der Waals surface area contributed by atoms with Crippen molar-refractivity contribution in [3.63, 3.8) is 0 Å². The first kappa shape index (κ1) is 14.9. The van der Waals surface area contributed by atoms with Gasteiger partial charge in [-0.25, -0.2) is 0 Å². The topological polar surface area (TPSA) is 25.2 Å². The molecule has 0 saturated heterocycles. The summed E-state index contributed by atoms with van der Waals surface area (Å²) in [6.07, 6.45) is 6.30. The third-order valence-corrected chi connectivity index (χ3v) is 5.14. The molecule has 1 aliphatic carbocycles. The first-order valence-electron chi connectivity index (χ1n) is 8.05. The van der Waals surface area contributed by atoms with Crippen molar-refractivity contribution < 1.29 is 4.42 Å². The number of benzene rings is 1. The fraction of sp³-hybridized carbons (Fsp3) is 0.556. The molecule has 0 amide bonds. The quantitative estimate of drug-likeness (QED) is 0.765. The van der Waals surface area contributed by atoms with Crippen molar-refractivity contribution in [2.75, 3.05) is 6.54 Å². The number of para-hydroxylation sites is 1. The Labute approximate surface area is 131 Å². The molecule has 114 valence electrons. The van der Waals surface area contributed by atoms with Crippen LogP contribution in [0, 0.1) is 5.41 Å². The normalized spacial score (nSPS) is 19.2. The number of hydrogen-bond donors (Lipinski definition) is 1. The Morgan fingerprint density at radius 3 is 2.76 bits per heavy atom. The molecule has 2 nitrogen and oxygen atoms in total. The monoisotopic (exact) mass is 305 g/mol. The Morgan fingerprint density at radius 1 is 1.33 bits per heavy atom. The van der Waals surface area contributed by atoms with Crippen LogP contribution in [0.1, 0.15) is 57.8 Å². The molecule has 1 heterocycles. The molecule has 3 rings (SSSR count). The Hall–Kier alpha value is -0.990. The largest absolute Gasteiger partial charge is 0.458 e. The third kappa shape index (κ3) is 2.84. The van der Waals surface area contributed by atoms with Crippen molar-refractivity contribution >= 4 is 22.6 Å². The summed E-state index contributed by atoms with van der Waals surface area (Å²) >= 11 is 6.26. The molecule has 2 aromatic rings. The van der Waals surface area contributed by atoms with E-state index in [1.165, 1.54) is 25.7 Å². The van der Waals surface area contributed by atoms with Crippen LogP contribution in [-0.2, 0) is 0 Å². The van der Waals surface area contributed by atoms with Gasteiger partial charge < -0.3 is 9.73 Å². The van der Waals surface area contributed by atoms with E-state index in [2.05, 4.69) is 31.3 Å². The van der Waals surface area contributed by atoms with E-state index >= 15 is 0 Å². The molecule has 1 saturated carbocycles. The van der Waals surface area contributed by atoms with Crippen LogP contribution < -0.4 is 5.32 Å². The summed E-state index contributed by atoms with van der Waals surface area (Å²) in [7, 11) is 0. The van der Waals surface area contributed by atoms with Gasteiger partial charge in [-0.2, -0.15) is 0 Å². The summed E-state index contributed by atoms with van der Waals surface area (Å²) in [4.78, 5) is 0. The zero-order chi connectivity index (χ0) is 14.9. The molecule has 1 aliphatic rings. The van der Waals surface area contributed by atoms with Gasteiger partial charge in [0.05, 0.1) is 11.1 Å². The van der Waals surface area contributed by atoms with E-state index in [-0.39, 0.29) is 11.5 Å². The van der Waals surface area contributed by atoms with Gasteiger partial charge in [0.25, 0.3) is 0 Å². The average Bonchev–Trinajstić information content (AvgIpc) is 3.07. The van der Waals surface area contributed by atoms with Crippen LogP contribution in [-0.4, -0.2) is 6.54 Å². The van der Waals surface area contributed by atoms with Gasteiger partial charge >= 0.3 is 0 Å².